The van der Waals surface area contributed by atoms with Gasteiger partial charge in [0.05, 0.1) is 16.5 Å². The van der Waals surface area contributed by atoms with E-state index in [1.54, 1.807) is 12.4 Å². The fourth-order valence-electron chi connectivity index (χ4n) is 2.04. The van der Waals surface area contributed by atoms with Crippen molar-refractivity contribution >= 4 is 16.7 Å². The van der Waals surface area contributed by atoms with E-state index in [4.69, 9.17) is 0 Å². The average molecular weight is 293 g/mol. The fraction of sp³-hybridized carbons (Fsp3) is 0.154. The second kappa shape index (κ2) is 5.04. The summed E-state index contributed by atoms with van der Waals surface area (Å²) in [6.07, 6.45) is 2.51. The topological polar surface area (TPSA) is 66.5 Å². The van der Waals surface area contributed by atoms with Crippen LogP contribution in [0, 0.1) is 0 Å². The summed E-state index contributed by atoms with van der Waals surface area (Å²) in [4.78, 5) is 14.3. The maximum atomic E-state index is 13.0. The normalized spacial score (nSPS) is 11.8. The standard InChI is InChI=1S/C13H10F3N5/c14-13(15,16)9-6-20-10-1-2-19-12(11(9)10)21-5-8-3-17-7-18-4-8/h1-4,6-7,20H,5H2,(H,19,21). The summed E-state index contributed by atoms with van der Waals surface area (Å²) in [5.41, 5.74) is 0.391. The van der Waals surface area contributed by atoms with Gasteiger partial charge in [-0.3, -0.25) is 0 Å². The SMILES string of the molecule is FC(F)(F)c1c[nH]c2ccnc(NCc3cncnc3)c12. The third-order valence-corrected chi connectivity index (χ3v) is 2.97. The number of rotatable bonds is 3. The molecule has 0 unspecified atom stereocenters. The molecule has 0 fully saturated rings. The van der Waals surface area contributed by atoms with Gasteiger partial charge in [-0.25, -0.2) is 15.0 Å². The highest BCUT2D eigenvalue weighted by atomic mass is 19.4. The number of alkyl halides is 3. The van der Waals surface area contributed by atoms with Gasteiger partial charge in [-0.1, -0.05) is 0 Å². The van der Waals surface area contributed by atoms with E-state index < -0.39 is 11.7 Å². The van der Waals surface area contributed by atoms with E-state index in [1.807, 2.05) is 0 Å². The lowest BCUT2D eigenvalue weighted by molar-refractivity contribution is -0.136. The van der Waals surface area contributed by atoms with E-state index in [0.29, 0.717) is 5.52 Å². The second-order valence-corrected chi connectivity index (χ2v) is 4.38. The first kappa shape index (κ1) is 13.3. The molecule has 0 aliphatic carbocycles. The molecule has 3 rings (SSSR count). The van der Waals surface area contributed by atoms with Crippen molar-refractivity contribution in [2.45, 2.75) is 12.7 Å². The molecule has 0 saturated carbocycles. The summed E-state index contributed by atoms with van der Waals surface area (Å²) < 4.78 is 39.0. The van der Waals surface area contributed by atoms with E-state index in [1.165, 1.54) is 18.6 Å². The Kier molecular flexibility index (Phi) is 3.20. The summed E-state index contributed by atoms with van der Waals surface area (Å²) in [6, 6.07) is 1.50. The van der Waals surface area contributed by atoms with Crippen LogP contribution in [-0.2, 0) is 12.7 Å². The Morgan fingerprint density at radius 3 is 2.67 bits per heavy atom. The Morgan fingerprint density at radius 2 is 1.95 bits per heavy atom. The lowest BCUT2D eigenvalue weighted by atomic mass is 10.2. The van der Waals surface area contributed by atoms with Crippen LogP contribution in [0.3, 0.4) is 0 Å². The maximum absolute atomic E-state index is 13.0. The fourth-order valence-corrected chi connectivity index (χ4v) is 2.04. The van der Waals surface area contributed by atoms with E-state index in [0.717, 1.165) is 11.8 Å². The van der Waals surface area contributed by atoms with Crippen molar-refractivity contribution in [3.8, 4) is 0 Å². The van der Waals surface area contributed by atoms with Crippen LogP contribution in [0.25, 0.3) is 10.9 Å². The van der Waals surface area contributed by atoms with Crippen LogP contribution in [0.4, 0.5) is 19.0 Å². The third kappa shape index (κ3) is 2.64. The first-order chi connectivity index (χ1) is 10.1. The second-order valence-electron chi connectivity index (χ2n) is 4.38. The molecule has 3 heterocycles. The summed E-state index contributed by atoms with van der Waals surface area (Å²) in [6.45, 7) is 0.287. The Bertz CT molecular complexity index is 751. The van der Waals surface area contributed by atoms with Gasteiger partial charge in [0.15, 0.2) is 0 Å². The molecule has 0 aliphatic rings. The highest BCUT2D eigenvalue weighted by molar-refractivity contribution is 5.93. The number of nitrogens with one attached hydrogen (secondary N) is 2. The Balaban J connectivity index is 1.97. The molecular weight excluding hydrogens is 283 g/mol. The van der Waals surface area contributed by atoms with Crippen LogP contribution >= 0.6 is 0 Å². The summed E-state index contributed by atoms with van der Waals surface area (Å²) in [5, 5.41) is 2.92. The van der Waals surface area contributed by atoms with Crippen molar-refractivity contribution < 1.29 is 13.2 Å². The van der Waals surface area contributed by atoms with Crippen molar-refractivity contribution in [3.05, 3.63) is 48.3 Å². The van der Waals surface area contributed by atoms with Gasteiger partial charge >= 0.3 is 6.18 Å². The van der Waals surface area contributed by atoms with E-state index in [9.17, 15) is 13.2 Å². The molecule has 0 saturated heterocycles. The zero-order chi connectivity index (χ0) is 14.9. The van der Waals surface area contributed by atoms with Crippen LogP contribution in [0.15, 0.2) is 37.2 Å². The average Bonchev–Trinajstić information content (AvgIpc) is 2.91. The Morgan fingerprint density at radius 1 is 1.19 bits per heavy atom. The number of fused-ring (bicyclic) bond motifs is 1. The van der Waals surface area contributed by atoms with Gasteiger partial charge in [-0.05, 0) is 6.07 Å². The number of H-pyrrole nitrogens is 1. The minimum absolute atomic E-state index is 0.0295. The molecule has 2 N–H and O–H groups in total. The van der Waals surface area contributed by atoms with Gasteiger partial charge in [0.1, 0.15) is 12.1 Å². The quantitative estimate of drug-likeness (QED) is 0.779. The van der Waals surface area contributed by atoms with Gasteiger partial charge < -0.3 is 10.3 Å². The monoisotopic (exact) mass is 293 g/mol. The molecule has 3 aromatic rings. The first-order valence-corrected chi connectivity index (χ1v) is 6.07. The molecule has 0 aromatic carbocycles. The van der Waals surface area contributed by atoms with Crippen molar-refractivity contribution in [2.75, 3.05) is 5.32 Å². The van der Waals surface area contributed by atoms with Crippen LogP contribution in [0.1, 0.15) is 11.1 Å². The molecular formula is C13H10F3N5. The predicted octanol–water partition coefficient (Wildman–Crippen LogP) is 2.98. The van der Waals surface area contributed by atoms with Crippen LogP contribution in [0.5, 0.6) is 0 Å². The number of anilines is 1. The van der Waals surface area contributed by atoms with E-state index >= 15 is 0 Å². The molecule has 21 heavy (non-hydrogen) atoms. The minimum Gasteiger partial charge on any atom is -0.365 e. The van der Waals surface area contributed by atoms with Gasteiger partial charge in [0.2, 0.25) is 0 Å². The zero-order valence-electron chi connectivity index (χ0n) is 10.6. The molecule has 5 nitrogen and oxygen atoms in total. The number of halogens is 3. The number of hydrogen-bond acceptors (Lipinski definition) is 4. The number of hydrogen-bond donors (Lipinski definition) is 2. The molecule has 0 atom stereocenters. The zero-order valence-corrected chi connectivity index (χ0v) is 10.6. The third-order valence-electron chi connectivity index (χ3n) is 2.97. The molecule has 8 heteroatoms. The molecule has 3 aromatic heterocycles. The van der Waals surface area contributed by atoms with Crippen LogP contribution < -0.4 is 5.32 Å². The Labute approximate surface area is 117 Å². The van der Waals surface area contributed by atoms with Gasteiger partial charge in [-0.15, -0.1) is 0 Å². The Hall–Kier alpha value is -2.64. The molecule has 0 radical (unpaired) electrons. The number of pyridine rings is 1. The lowest BCUT2D eigenvalue weighted by Gasteiger charge is -2.09. The van der Waals surface area contributed by atoms with E-state index in [2.05, 4.69) is 25.3 Å². The molecule has 108 valence electrons. The molecule has 0 spiro atoms. The predicted molar refractivity (Wildman–Crippen MR) is 70.5 cm³/mol. The highest BCUT2D eigenvalue weighted by Crippen LogP contribution is 2.37. The van der Waals surface area contributed by atoms with Crippen LogP contribution in [0.2, 0.25) is 0 Å². The number of aromatic amines is 1. The number of nitrogens with zero attached hydrogens (tertiary/aromatic N) is 3. The van der Waals surface area contributed by atoms with Gasteiger partial charge in [0.25, 0.3) is 0 Å². The first-order valence-electron chi connectivity index (χ1n) is 6.07. The molecule has 0 amide bonds. The lowest BCUT2D eigenvalue weighted by Crippen LogP contribution is -2.07. The number of aromatic nitrogens is 4. The molecule has 0 bridgehead atoms. The van der Waals surface area contributed by atoms with Crippen molar-refractivity contribution in [1.82, 2.24) is 19.9 Å². The smallest absolute Gasteiger partial charge is 0.365 e. The van der Waals surface area contributed by atoms with Crippen molar-refractivity contribution in [2.24, 2.45) is 0 Å². The minimum atomic E-state index is -4.44. The largest absolute Gasteiger partial charge is 0.418 e. The van der Waals surface area contributed by atoms with Crippen LogP contribution in [-0.4, -0.2) is 19.9 Å². The summed E-state index contributed by atoms with van der Waals surface area (Å²) >= 11 is 0. The van der Waals surface area contributed by atoms with E-state index in [-0.39, 0.29) is 17.7 Å². The van der Waals surface area contributed by atoms with Gasteiger partial charge in [-0.2, -0.15) is 13.2 Å². The molecule has 0 aliphatic heterocycles. The maximum Gasteiger partial charge on any atom is 0.418 e. The highest BCUT2D eigenvalue weighted by Gasteiger charge is 2.34. The van der Waals surface area contributed by atoms with Gasteiger partial charge in [0, 0.05) is 36.9 Å². The summed E-state index contributed by atoms with van der Waals surface area (Å²) in [7, 11) is 0. The van der Waals surface area contributed by atoms with Crippen molar-refractivity contribution in [1.29, 1.82) is 0 Å². The summed E-state index contributed by atoms with van der Waals surface area (Å²) in [5.74, 6) is 0.171. The van der Waals surface area contributed by atoms with Crippen molar-refractivity contribution in [3.63, 3.8) is 0 Å².